The number of rotatable bonds is 3. The first-order valence-electron chi connectivity index (χ1n) is 7.12. The van der Waals surface area contributed by atoms with Crippen LogP contribution < -0.4 is 0 Å². The molecule has 1 aliphatic carbocycles. The van der Waals surface area contributed by atoms with E-state index < -0.39 is 12.0 Å². The van der Waals surface area contributed by atoms with Gasteiger partial charge in [-0.25, -0.2) is 4.79 Å². The van der Waals surface area contributed by atoms with Gasteiger partial charge < -0.3 is 10.0 Å². The summed E-state index contributed by atoms with van der Waals surface area (Å²) in [6, 6.07) is -0.604. The van der Waals surface area contributed by atoms with Gasteiger partial charge in [0, 0.05) is 13.0 Å². The van der Waals surface area contributed by atoms with Crippen LogP contribution in [0.15, 0.2) is 0 Å². The Kier molecular flexibility index (Phi) is 4.25. The van der Waals surface area contributed by atoms with Crippen molar-refractivity contribution in [2.75, 3.05) is 6.54 Å². The third-order valence-corrected chi connectivity index (χ3v) is 4.44. The third kappa shape index (κ3) is 2.85. The Hall–Kier alpha value is -1.06. The highest BCUT2D eigenvalue weighted by Crippen LogP contribution is 2.30. The molecule has 2 fully saturated rings. The Morgan fingerprint density at radius 1 is 1.17 bits per heavy atom. The summed E-state index contributed by atoms with van der Waals surface area (Å²) in [5, 5.41) is 9.29. The van der Waals surface area contributed by atoms with E-state index in [4.69, 9.17) is 0 Å². The second-order valence-electron chi connectivity index (χ2n) is 5.84. The van der Waals surface area contributed by atoms with Crippen molar-refractivity contribution in [3.05, 3.63) is 0 Å². The molecule has 2 atom stereocenters. The Balaban J connectivity index is 1.99. The summed E-state index contributed by atoms with van der Waals surface area (Å²) in [5.41, 5.74) is 0. The van der Waals surface area contributed by atoms with Gasteiger partial charge in [0.1, 0.15) is 6.04 Å². The minimum Gasteiger partial charge on any atom is -0.480 e. The number of hydrogen-bond acceptors (Lipinski definition) is 2. The van der Waals surface area contributed by atoms with Crippen LogP contribution in [-0.4, -0.2) is 34.5 Å². The third-order valence-electron chi connectivity index (χ3n) is 4.44. The molecule has 4 nitrogen and oxygen atoms in total. The summed E-state index contributed by atoms with van der Waals surface area (Å²) >= 11 is 0. The van der Waals surface area contributed by atoms with Gasteiger partial charge in [0.15, 0.2) is 0 Å². The zero-order valence-corrected chi connectivity index (χ0v) is 11.1. The maximum absolute atomic E-state index is 12.3. The molecule has 102 valence electrons. The Bertz CT molecular complexity index is 323. The van der Waals surface area contributed by atoms with E-state index in [0.29, 0.717) is 18.9 Å². The van der Waals surface area contributed by atoms with E-state index in [-0.39, 0.29) is 11.8 Å². The van der Waals surface area contributed by atoms with Crippen LogP contribution in [-0.2, 0) is 9.59 Å². The molecule has 2 aliphatic rings. The van der Waals surface area contributed by atoms with Crippen molar-refractivity contribution in [3.8, 4) is 0 Å². The van der Waals surface area contributed by atoms with E-state index >= 15 is 0 Å². The van der Waals surface area contributed by atoms with E-state index in [1.807, 2.05) is 6.92 Å². The minimum absolute atomic E-state index is 0.0563. The first-order chi connectivity index (χ1) is 8.59. The van der Waals surface area contributed by atoms with Crippen molar-refractivity contribution in [2.24, 2.45) is 11.8 Å². The molecule has 1 N–H and O–H groups in total. The van der Waals surface area contributed by atoms with Crippen LogP contribution in [0.5, 0.6) is 0 Å². The highest BCUT2D eigenvalue weighted by molar-refractivity contribution is 5.84. The van der Waals surface area contributed by atoms with Gasteiger partial charge in [0.25, 0.3) is 0 Å². The number of nitrogens with zero attached hydrogens (tertiary/aromatic N) is 1. The lowest BCUT2D eigenvalue weighted by atomic mass is 9.90. The number of carboxylic acids is 1. The minimum atomic E-state index is -0.845. The molecule has 0 radical (unpaired) electrons. The van der Waals surface area contributed by atoms with Gasteiger partial charge in [-0.05, 0) is 37.5 Å². The number of carboxylic acid groups (broad SMARTS) is 1. The SMILES string of the molecule is CC1CCCN(C(=O)CC2CCCC2)C1C(=O)O. The lowest BCUT2D eigenvalue weighted by molar-refractivity contribution is -0.155. The smallest absolute Gasteiger partial charge is 0.326 e. The molecule has 1 saturated carbocycles. The lowest BCUT2D eigenvalue weighted by Gasteiger charge is -2.37. The van der Waals surface area contributed by atoms with Gasteiger partial charge in [0.2, 0.25) is 5.91 Å². The summed E-state index contributed by atoms with van der Waals surface area (Å²) in [5.74, 6) is -0.226. The zero-order chi connectivity index (χ0) is 13.1. The second kappa shape index (κ2) is 5.72. The maximum Gasteiger partial charge on any atom is 0.326 e. The standard InChI is InChI=1S/C14H23NO3/c1-10-5-4-8-15(13(10)14(17)18)12(16)9-11-6-2-3-7-11/h10-11,13H,2-9H2,1H3,(H,17,18). The molecule has 2 rings (SSSR count). The van der Waals surface area contributed by atoms with Crippen molar-refractivity contribution in [1.82, 2.24) is 4.90 Å². The normalized spacial score (nSPS) is 29.5. The van der Waals surface area contributed by atoms with Crippen LogP contribution in [0.25, 0.3) is 0 Å². The van der Waals surface area contributed by atoms with Gasteiger partial charge in [-0.3, -0.25) is 4.79 Å². The van der Waals surface area contributed by atoms with E-state index in [2.05, 4.69) is 0 Å². The summed E-state index contributed by atoms with van der Waals surface area (Å²) in [4.78, 5) is 25.2. The number of aliphatic carboxylic acids is 1. The molecular formula is C14H23NO3. The van der Waals surface area contributed by atoms with Crippen molar-refractivity contribution >= 4 is 11.9 Å². The van der Waals surface area contributed by atoms with E-state index in [1.165, 1.54) is 12.8 Å². The van der Waals surface area contributed by atoms with Crippen molar-refractivity contribution in [3.63, 3.8) is 0 Å². The molecule has 4 heteroatoms. The predicted molar refractivity (Wildman–Crippen MR) is 68.1 cm³/mol. The number of carbonyl (C=O) groups excluding carboxylic acids is 1. The number of hydrogen-bond donors (Lipinski definition) is 1. The van der Waals surface area contributed by atoms with Gasteiger partial charge in [-0.1, -0.05) is 19.8 Å². The van der Waals surface area contributed by atoms with E-state index in [1.54, 1.807) is 4.90 Å². The van der Waals surface area contributed by atoms with E-state index in [9.17, 15) is 14.7 Å². The zero-order valence-electron chi connectivity index (χ0n) is 11.1. The fourth-order valence-electron chi connectivity index (χ4n) is 3.42. The van der Waals surface area contributed by atoms with Crippen LogP contribution >= 0.6 is 0 Å². The van der Waals surface area contributed by atoms with Crippen molar-refractivity contribution in [2.45, 2.75) is 57.9 Å². The summed E-state index contributed by atoms with van der Waals surface area (Å²) in [6.45, 7) is 2.56. The topological polar surface area (TPSA) is 57.6 Å². The molecule has 0 aromatic carbocycles. The number of carbonyl (C=O) groups is 2. The molecule has 1 saturated heterocycles. The van der Waals surface area contributed by atoms with Crippen LogP contribution in [0, 0.1) is 11.8 Å². The van der Waals surface area contributed by atoms with Crippen LogP contribution in [0.2, 0.25) is 0 Å². The number of amides is 1. The van der Waals surface area contributed by atoms with Crippen molar-refractivity contribution in [1.29, 1.82) is 0 Å². The lowest BCUT2D eigenvalue weighted by Crippen LogP contribution is -2.52. The summed E-state index contributed by atoms with van der Waals surface area (Å²) in [7, 11) is 0. The fourth-order valence-corrected chi connectivity index (χ4v) is 3.42. The van der Waals surface area contributed by atoms with Gasteiger partial charge >= 0.3 is 5.97 Å². The van der Waals surface area contributed by atoms with Crippen LogP contribution in [0.1, 0.15) is 51.9 Å². The maximum atomic E-state index is 12.3. The van der Waals surface area contributed by atoms with E-state index in [0.717, 1.165) is 25.7 Å². The molecule has 1 amide bonds. The Morgan fingerprint density at radius 3 is 2.44 bits per heavy atom. The molecule has 0 spiro atoms. The molecule has 18 heavy (non-hydrogen) atoms. The molecule has 2 unspecified atom stereocenters. The molecule has 0 bridgehead atoms. The molecule has 0 aromatic rings. The van der Waals surface area contributed by atoms with Gasteiger partial charge in [-0.2, -0.15) is 0 Å². The van der Waals surface area contributed by atoms with Gasteiger partial charge in [0.05, 0.1) is 0 Å². The Morgan fingerprint density at radius 2 is 1.83 bits per heavy atom. The van der Waals surface area contributed by atoms with Gasteiger partial charge in [-0.15, -0.1) is 0 Å². The first-order valence-corrected chi connectivity index (χ1v) is 7.12. The summed E-state index contributed by atoms with van der Waals surface area (Å²) < 4.78 is 0. The average Bonchev–Trinajstić information content (AvgIpc) is 2.80. The van der Waals surface area contributed by atoms with Crippen LogP contribution in [0.3, 0.4) is 0 Å². The first kappa shape index (κ1) is 13.4. The molecule has 0 aromatic heterocycles. The predicted octanol–water partition coefficient (Wildman–Crippen LogP) is 2.28. The largest absolute Gasteiger partial charge is 0.480 e. The number of piperidine rings is 1. The Labute approximate surface area is 108 Å². The monoisotopic (exact) mass is 253 g/mol. The second-order valence-corrected chi connectivity index (χ2v) is 5.84. The van der Waals surface area contributed by atoms with Crippen molar-refractivity contribution < 1.29 is 14.7 Å². The highest BCUT2D eigenvalue weighted by atomic mass is 16.4. The number of likely N-dealkylation sites (tertiary alicyclic amines) is 1. The fraction of sp³-hybridized carbons (Fsp3) is 0.857. The molecule has 1 aliphatic heterocycles. The summed E-state index contributed by atoms with van der Waals surface area (Å²) in [6.07, 6.45) is 7.09. The molecular weight excluding hydrogens is 230 g/mol. The average molecular weight is 253 g/mol. The highest BCUT2D eigenvalue weighted by Gasteiger charge is 2.37. The van der Waals surface area contributed by atoms with Crippen LogP contribution in [0.4, 0.5) is 0 Å². The quantitative estimate of drug-likeness (QED) is 0.839. The molecule has 1 heterocycles.